The molecule has 1 heterocycles. The van der Waals surface area contributed by atoms with E-state index in [1.807, 2.05) is 6.92 Å². The maximum absolute atomic E-state index is 14.4. The third-order valence-corrected chi connectivity index (χ3v) is 5.23. The fraction of sp³-hybridized carbons (Fsp3) is 0.500. The molecule has 27 heavy (non-hydrogen) atoms. The molecule has 2 amide bonds. The summed E-state index contributed by atoms with van der Waals surface area (Å²) in [5.41, 5.74) is 6.97. The highest BCUT2D eigenvalue weighted by Crippen LogP contribution is 2.32. The molecule has 4 N–H and O–H groups in total. The molecule has 1 aromatic rings. The van der Waals surface area contributed by atoms with Gasteiger partial charge in [0.05, 0.1) is 18.2 Å². The normalized spacial score (nSPS) is 20.8. The number of nitrogens with two attached hydrogens (primary N) is 1. The Hall–Kier alpha value is -2.57. The molecule has 146 valence electrons. The molecular weight excluding hydrogens is 349 g/mol. The van der Waals surface area contributed by atoms with Crippen molar-refractivity contribution >= 4 is 17.7 Å². The van der Waals surface area contributed by atoms with E-state index in [0.29, 0.717) is 30.3 Å². The SMILES string of the molecule is CCC1=C(C(=O)OCC2CCCCC2)C(c2cc(N)ccc2F)NC(=O)N1. The second kappa shape index (κ2) is 8.41. The van der Waals surface area contributed by atoms with Crippen molar-refractivity contribution in [1.29, 1.82) is 0 Å². The zero-order chi connectivity index (χ0) is 19.4. The van der Waals surface area contributed by atoms with Crippen molar-refractivity contribution in [3.8, 4) is 0 Å². The van der Waals surface area contributed by atoms with Crippen LogP contribution in [0.3, 0.4) is 0 Å². The van der Waals surface area contributed by atoms with Gasteiger partial charge in [-0.05, 0) is 43.4 Å². The maximum atomic E-state index is 14.4. The molecule has 0 aromatic heterocycles. The molecule has 1 aromatic carbocycles. The standard InChI is InChI=1S/C20H26FN3O3/c1-2-16-17(19(25)27-11-12-6-4-3-5-7-12)18(24-20(26)23-16)14-10-13(22)8-9-15(14)21/h8-10,12,18H,2-7,11,22H2,1H3,(H2,23,24,26). The van der Waals surface area contributed by atoms with E-state index >= 15 is 0 Å². The van der Waals surface area contributed by atoms with E-state index in [-0.39, 0.29) is 11.1 Å². The van der Waals surface area contributed by atoms with Gasteiger partial charge in [-0.1, -0.05) is 26.2 Å². The number of halogens is 1. The Kier molecular flexibility index (Phi) is 5.98. The van der Waals surface area contributed by atoms with Crippen LogP contribution in [0.4, 0.5) is 14.9 Å². The molecule has 0 radical (unpaired) electrons. The van der Waals surface area contributed by atoms with Gasteiger partial charge in [0.1, 0.15) is 5.82 Å². The average Bonchev–Trinajstić information content (AvgIpc) is 2.68. The van der Waals surface area contributed by atoms with E-state index in [0.717, 1.165) is 25.7 Å². The highest BCUT2D eigenvalue weighted by atomic mass is 19.1. The number of nitrogens with one attached hydrogen (secondary N) is 2. The third kappa shape index (κ3) is 4.40. The molecule has 1 aliphatic heterocycles. The molecular formula is C20H26FN3O3. The fourth-order valence-corrected chi connectivity index (χ4v) is 3.78. The second-order valence-electron chi connectivity index (χ2n) is 7.16. The number of carbonyl (C=O) groups is 2. The first-order valence-electron chi connectivity index (χ1n) is 9.52. The first kappa shape index (κ1) is 19.2. The van der Waals surface area contributed by atoms with E-state index in [1.54, 1.807) is 0 Å². The van der Waals surface area contributed by atoms with Crippen LogP contribution in [0.5, 0.6) is 0 Å². The highest BCUT2D eigenvalue weighted by molar-refractivity contribution is 5.95. The van der Waals surface area contributed by atoms with E-state index in [1.165, 1.54) is 24.6 Å². The van der Waals surface area contributed by atoms with Crippen LogP contribution in [0.2, 0.25) is 0 Å². The average molecular weight is 375 g/mol. The number of anilines is 1. The van der Waals surface area contributed by atoms with Gasteiger partial charge in [-0.15, -0.1) is 0 Å². The van der Waals surface area contributed by atoms with Crippen LogP contribution >= 0.6 is 0 Å². The molecule has 1 saturated carbocycles. The number of hydrogen-bond donors (Lipinski definition) is 3. The Morgan fingerprint density at radius 1 is 1.30 bits per heavy atom. The molecule has 3 rings (SSSR count). The molecule has 2 aliphatic rings. The number of rotatable bonds is 5. The number of amides is 2. The Morgan fingerprint density at radius 2 is 2.04 bits per heavy atom. The van der Waals surface area contributed by atoms with Gasteiger partial charge in [0.25, 0.3) is 0 Å². The molecule has 1 atom stereocenters. The van der Waals surface area contributed by atoms with E-state index in [2.05, 4.69) is 10.6 Å². The number of benzene rings is 1. The fourth-order valence-electron chi connectivity index (χ4n) is 3.78. The smallest absolute Gasteiger partial charge is 0.338 e. The summed E-state index contributed by atoms with van der Waals surface area (Å²) in [6.07, 6.45) is 6.05. The van der Waals surface area contributed by atoms with Gasteiger partial charge in [-0.25, -0.2) is 14.0 Å². The Labute approximate surface area is 158 Å². The van der Waals surface area contributed by atoms with Gasteiger partial charge in [0.2, 0.25) is 0 Å². The zero-order valence-electron chi connectivity index (χ0n) is 15.5. The van der Waals surface area contributed by atoms with Crippen molar-refractivity contribution in [3.63, 3.8) is 0 Å². The summed E-state index contributed by atoms with van der Waals surface area (Å²) in [6, 6.07) is 2.69. The molecule has 1 aliphatic carbocycles. The Bertz CT molecular complexity index is 757. The van der Waals surface area contributed by atoms with Crippen LogP contribution in [-0.4, -0.2) is 18.6 Å². The van der Waals surface area contributed by atoms with Gasteiger partial charge >= 0.3 is 12.0 Å². The number of urea groups is 1. The Morgan fingerprint density at radius 3 is 2.74 bits per heavy atom. The lowest BCUT2D eigenvalue weighted by Crippen LogP contribution is -2.46. The van der Waals surface area contributed by atoms with Crippen LogP contribution in [0.15, 0.2) is 29.5 Å². The molecule has 0 saturated heterocycles. The Balaban J connectivity index is 1.87. The topological polar surface area (TPSA) is 93.4 Å². The first-order chi connectivity index (χ1) is 13.0. The number of carbonyl (C=O) groups excluding carboxylic acids is 2. The number of esters is 1. The number of hydrogen-bond acceptors (Lipinski definition) is 4. The van der Waals surface area contributed by atoms with E-state index in [4.69, 9.17) is 10.5 Å². The summed E-state index contributed by atoms with van der Waals surface area (Å²) in [5, 5.41) is 5.27. The van der Waals surface area contributed by atoms with Gasteiger partial charge in [0, 0.05) is 16.9 Å². The second-order valence-corrected chi connectivity index (χ2v) is 7.16. The summed E-state index contributed by atoms with van der Waals surface area (Å²) in [4.78, 5) is 24.9. The van der Waals surface area contributed by atoms with Crippen LogP contribution in [0, 0.1) is 11.7 Å². The third-order valence-electron chi connectivity index (χ3n) is 5.23. The lowest BCUT2D eigenvalue weighted by Gasteiger charge is -2.30. The molecule has 0 bridgehead atoms. The predicted octanol–water partition coefficient (Wildman–Crippen LogP) is 3.55. The predicted molar refractivity (Wildman–Crippen MR) is 100 cm³/mol. The van der Waals surface area contributed by atoms with Crippen molar-refractivity contribution in [2.45, 2.75) is 51.5 Å². The van der Waals surface area contributed by atoms with Gasteiger partial charge in [-0.2, -0.15) is 0 Å². The highest BCUT2D eigenvalue weighted by Gasteiger charge is 2.35. The minimum Gasteiger partial charge on any atom is -0.462 e. The summed E-state index contributed by atoms with van der Waals surface area (Å²) < 4.78 is 20.0. The monoisotopic (exact) mass is 375 g/mol. The molecule has 1 unspecified atom stereocenters. The van der Waals surface area contributed by atoms with Gasteiger partial charge in [0.15, 0.2) is 0 Å². The first-order valence-corrected chi connectivity index (χ1v) is 9.52. The van der Waals surface area contributed by atoms with Gasteiger partial charge in [-0.3, -0.25) is 0 Å². The number of ether oxygens (including phenoxy) is 1. The van der Waals surface area contributed by atoms with Gasteiger partial charge < -0.3 is 21.1 Å². The lowest BCUT2D eigenvalue weighted by atomic mass is 9.90. The van der Waals surface area contributed by atoms with Crippen molar-refractivity contribution in [2.24, 2.45) is 5.92 Å². The zero-order valence-corrected chi connectivity index (χ0v) is 15.5. The van der Waals surface area contributed by atoms with Crippen molar-refractivity contribution in [1.82, 2.24) is 10.6 Å². The largest absolute Gasteiger partial charge is 0.462 e. The van der Waals surface area contributed by atoms with Crippen LogP contribution in [0.1, 0.15) is 57.1 Å². The molecule has 7 heteroatoms. The van der Waals surface area contributed by atoms with Crippen molar-refractivity contribution in [3.05, 3.63) is 40.8 Å². The summed E-state index contributed by atoms with van der Waals surface area (Å²) >= 11 is 0. The lowest BCUT2D eigenvalue weighted by molar-refractivity contribution is -0.141. The minimum absolute atomic E-state index is 0.153. The summed E-state index contributed by atoms with van der Waals surface area (Å²) in [5.74, 6) is -0.705. The van der Waals surface area contributed by atoms with Crippen LogP contribution in [0.25, 0.3) is 0 Å². The van der Waals surface area contributed by atoms with E-state index < -0.39 is 23.9 Å². The van der Waals surface area contributed by atoms with Crippen LogP contribution < -0.4 is 16.4 Å². The maximum Gasteiger partial charge on any atom is 0.338 e. The molecule has 1 fully saturated rings. The molecule has 6 nitrogen and oxygen atoms in total. The summed E-state index contributed by atoms with van der Waals surface area (Å²) in [6.45, 7) is 2.17. The summed E-state index contributed by atoms with van der Waals surface area (Å²) in [7, 11) is 0. The minimum atomic E-state index is -0.934. The quantitative estimate of drug-likeness (QED) is 0.542. The van der Waals surface area contributed by atoms with Crippen molar-refractivity contribution in [2.75, 3.05) is 12.3 Å². The number of allylic oxidation sites excluding steroid dienone is 1. The number of nitrogen functional groups attached to an aromatic ring is 1. The van der Waals surface area contributed by atoms with Crippen molar-refractivity contribution < 1.29 is 18.7 Å². The molecule has 0 spiro atoms. The van der Waals surface area contributed by atoms with Crippen LogP contribution in [-0.2, 0) is 9.53 Å². The van der Waals surface area contributed by atoms with E-state index in [9.17, 15) is 14.0 Å².